The first-order valence-electron chi connectivity index (χ1n) is 5.67. The smallest absolute Gasteiger partial charge is 0.172 e. The summed E-state index contributed by atoms with van der Waals surface area (Å²) in [5, 5.41) is 10.3. The van der Waals surface area contributed by atoms with Crippen molar-refractivity contribution in [2.45, 2.75) is 46.1 Å². The highest BCUT2D eigenvalue weighted by atomic mass is 16.5. The zero-order valence-corrected chi connectivity index (χ0v) is 10.2. The van der Waals surface area contributed by atoms with Crippen molar-refractivity contribution in [2.24, 2.45) is 11.3 Å². The third-order valence-electron chi connectivity index (χ3n) is 3.35. The Morgan fingerprint density at radius 1 is 1.60 bits per heavy atom. The molecule has 0 aromatic carbocycles. The molecule has 3 heteroatoms. The third kappa shape index (κ3) is 2.58. The summed E-state index contributed by atoms with van der Waals surface area (Å²) in [5.41, 5.74) is -1.73. The summed E-state index contributed by atoms with van der Waals surface area (Å²) in [6.45, 7) is 8.52. The first-order chi connectivity index (χ1) is 6.82. The lowest BCUT2D eigenvalue weighted by molar-refractivity contribution is -0.165. The number of carbonyl (C=O) groups is 1. The van der Waals surface area contributed by atoms with E-state index < -0.39 is 11.0 Å². The molecule has 0 radical (unpaired) electrons. The summed E-state index contributed by atoms with van der Waals surface area (Å²) >= 11 is 0. The van der Waals surface area contributed by atoms with Crippen molar-refractivity contribution in [1.82, 2.24) is 0 Å². The van der Waals surface area contributed by atoms with Gasteiger partial charge in [-0.3, -0.25) is 4.79 Å². The zero-order chi connectivity index (χ0) is 11.7. The van der Waals surface area contributed by atoms with Gasteiger partial charge >= 0.3 is 0 Å². The SMILES string of the molecule is CCC(C)(C)C(=O)C1(O)COCC(C)C1. The van der Waals surface area contributed by atoms with Gasteiger partial charge in [0, 0.05) is 12.0 Å². The highest BCUT2D eigenvalue weighted by Crippen LogP contribution is 2.33. The second-order valence-electron chi connectivity index (χ2n) is 5.42. The maximum atomic E-state index is 12.2. The van der Waals surface area contributed by atoms with Crippen LogP contribution in [0.2, 0.25) is 0 Å². The Labute approximate surface area is 91.8 Å². The van der Waals surface area contributed by atoms with Gasteiger partial charge in [0.15, 0.2) is 5.78 Å². The Hall–Kier alpha value is -0.410. The van der Waals surface area contributed by atoms with Gasteiger partial charge in [-0.15, -0.1) is 0 Å². The van der Waals surface area contributed by atoms with Crippen LogP contribution in [0.25, 0.3) is 0 Å². The fourth-order valence-electron chi connectivity index (χ4n) is 2.07. The van der Waals surface area contributed by atoms with Gasteiger partial charge in [0.25, 0.3) is 0 Å². The lowest BCUT2D eigenvalue weighted by Gasteiger charge is -2.38. The summed E-state index contributed by atoms with van der Waals surface area (Å²) in [4.78, 5) is 12.2. The van der Waals surface area contributed by atoms with Gasteiger partial charge in [0.2, 0.25) is 0 Å². The largest absolute Gasteiger partial charge is 0.380 e. The van der Waals surface area contributed by atoms with Crippen LogP contribution in [0.5, 0.6) is 0 Å². The topological polar surface area (TPSA) is 46.5 Å². The van der Waals surface area contributed by atoms with Gasteiger partial charge in [0.05, 0.1) is 6.61 Å². The quantitative estimate of drug-likeness (QED) is 0.779. The fraction of sp³-hybridized carbons (Fsp3) is 0.917. The number of hydrogen-bond donors (Lipinski definition) is 1. The molecule has 1 saturated heterocycles. The monoisotopic (exact) mass is 214 g/mol. The van der Waals surface area contributed by atoms with Crippen molar-refractivity contribution in [3.8, 4) is 0 Å². The summed E-state index contributed by atoms with van der Waals surface area (Å²) in [7, 11) is 0. The second kappa shape index (κ2) is 4.22. The molecule has 1 aliphatic heterocycles. The number of carbonyl (C=O) groups excluding carboxylic acids is 1. The van der Waals surface area contributed by atoms with E-state index in [1.54, 1.807) is 0 Å². The molecule has 1 N–H and O–H groups in total. The molecular weight excluding hydrogens is 192 g/mol. The molecule has 88 valence electrons. The number of ketones is 1. The fourth-order valence-corrected chi connectivity index (χ4v) is 2.07. The highest BCUT2D eigenvalue weighted by molar-refractivity contribution is 5.92. The van der Waals surface area contributed by atoms with Crippen LogP contribution in [0, 0.1) is 11.3 Å². The molecule has 1 rings (SSSR count). The molecule has 0 saturated carbocycles. The molecule has 3 nitrogen and oxygen atoms in total. The van der Waals surface area contributed by atoms with E-state index in [0.29, 0.717) is 13.0 Å². The van der Waals surface area contributed by atoms with Gasteiger partial charge in [-0.25, -0.2) is 0 Å². The highest BCUT2D eigenvalue weighted by Gasteiger charge is 2.46. The van der Waals surface area contributed by atoms with E-state index >= 15 is 0 Å². The minimum absolute atomic E-state index is 0.0796. The van der Waals surface area contributed by atoms with Crippen molar-refractivity contribution in [2.75, 3.05) is 13.2 Å². The molecule has 2 unspecified atom stereocenters. The van der Waals surface area contributed by atoms with Crippen LogP contribution in [0.1, 0.15) is 40.5 Å². The molecule has 0 bridgehead atoms. The van der Waals surface area contributed by atoms with Crippen molar-refractivity contribution in [1.29, 1.82) is 0 Å². The van der Waals surface area contributed by atoms with Crippen LogP contribution in [-0.2, 0) is 9.53 Å². The molecule has 1 aliphatic rings. The minimum atomic E-state index is -1.27. The summed E-state index contributed by atoms with van der Waals surface area (Å²) in [5.74, 6) is 0.171. The van der Waals surface area contributed by atoms with Crippen LogP contribution in [0.4, 0.5) is 0 Å². The standard InChI is InChI=1S/C12H22O3/c1-5-11(3,4)10(13)12(14)6-9(2)7-15-8-12/h9,14H,5-8H2,1-4H3. The normalized spacial score (nSPS) is 32.7. The number of aliphatic hydroxyl groups is 1. The Kier molecular flexibility index (Phi) is 3.56. The summed E-state index contributed by atoms with van der Waals surface area (Å²) < 4.78 is 5.29. The van der Waals surface area contributed by atoms with Crippen LogP contribution < -0.4 is 0 Å². The minimum Gasteiger partial charge on any atom is -0.380 e. The molecule has 2 atom stereocenters. The predicted octanol–water partition coefficient (Wildman–Crippen LogP) is 1.78. The first-order valence-corrected chi connectivity index (χ1v) is 5.67. The van der Waals surface area contributed by atoms with Crippen LogP contribution in [0.15, 0.2) is 0 Å². The molecule has 15 heavy (non-hydrogen) atoms. The summed E-state index contributed by atoms with van der Waals surface area (Å²) in [6.07, 6.45) is 1.26. The second-order valence-corrected chi connectivity index (χ2v) is 5.42. The van der Waals surface area contributed by atoms with Gasteiger partial charge in [-0.2, -0.15) is 0 Å². The van der Waals surface area contributed by atoms with Gasteiger partial charge in [-0.1, -0.05) is 27.7 Å². The number of hydrogen-bond acceptors (Lipinski definition) is 3. The van der Waals surface area contributed by atoms with Crippen molar-refractivity contribution >= 4 is 5.78 Å². The molecule has 0 amide bonds. The van der Waals surface area contributed by atoms with Crippen LogP contribution in [0.3, 0.4) is 0 Å². The van der Waals surface area contributed by atoms with Crippen LogP contribution >= 0.6 is 0 Å². The molecule has 1 fully saturated rings. The first kappa shape index (κ1) is 12.7. The Morgan fingerprint density at radius 3 is 2.67 bits per heavy atom. The maximum absolute atomic E-state index is 12.2. The Morgan fingerprint density at radius 2 is 2.20 bits per heavy atom. The van der Waals surface area contributed by atoms with Crippen molar-refractivity contribution < 1.29 is 14.6 Å². The summed E-state index contributed by atoms with van der Waals surface area (Å²) in [6, 6.07) is 0. The van der Waals surface area contributed by atoms with Gasteiger partial charge in [-0.05, 0) is 18.8 Å². The average Bonchev–Trinajstić information content (AvgIpc) is 2.16. The predicted molar refractivity (Wildman–Crippen MR) is 58.6 cm³/mol. The van der Waals surface area contributed by atoms with Crippen LogP contribution in [-0.4, -0.2) is 29.7 Å². The Bertz CT molecular complexity index is 247. The van der Waals surface area contributed by atoms with E-state index in [-0.39, 0.29) is 18.3 Å². The van der Waals surface area contributed by atoms with E-state index in [4.69, 9.17) is 4.74 Å². The van der Waals surface area contributed by atoms with Gasteiger partial charge in [0.1, 0.15) is 5.60 Å². The van der Waals surface area contributed by atoms with E-state index in [2.05, 4.69) is 0 Å². The van der Waals surface area contributed by atoms with E-state index in [9.17, 15) is 9.90 Å². The number of rotatable bonds is 3. The van der Waals surface area contributed by atoms with Gasteiger partial charge < -0.3 is 9.84 Å². The molecule has 0 aromatic rings. The third-order valence-corrected chi connectivity index (χ3v) is 3.35. The molecule has 0 aliphatic carbocycles. The molecule has 0 spiro atoms. The van der Waals surface area contributed by atoms with E-state index in [1.165, 1.54) is 0 Å². The molecule has 0 aromatic heterocycles. The number of ether oxygens (including phenoxy) is 1. The Balaban J connectivity index is 2.81. The molecule has 1 heterocycles. The zero-order valence-electron chi connectivity index (χ0n) is 10.2. The van der Waals surface area contributed by atoms with E-state index in [1.807, 2.05) is 27.7 Å². The lowest BCUT2D eigenvalue weighted by Crippen LogP contribution is -2.53. The van der Waals surface area contributed by atoms with Crippen molar-refractivity contribution in [3.63, 3.8) is 0 Å². The maximum Gasteiger partial charge on any atom is 0.172 e. The van der Waals surface area contributed by atoms with E-state index in [0.717, 1.165) is 6.42 Å². The average molecular weight is 214 g/mol. The molecular formula is C12H22O3. The number of Topliss-reactive ketones (excluding diaryl/α,β-unsaturated/α-hetero) is 1. The van der Waals surface area contributed by atoms with Crippen molar-refractivity contribution in [3.05, 3.63) is 0 Å². The lowest BCUT2D eigenvalue weighted by atomic mass is 9.73.